The van der Waals surface area contributed by atoms with Gasteiger partial charge in [0.2, 0.25) is 15.9 Å². The zero-order valence-corrected chi connectivity index (χ0v) is 16.7. The fourth-order valence-electron chi connectivity index (χ4n) is 3.10. The van der Waals surface area contributed by atoms with Crippen LogP contribution in [0.2, 0.25) is 5.02 Å². The molecule has 0 saturated carbocycles. The summed E-state index contributed by atoms with van der Waals surface area (Å²) < 4.78 is 31.3. The predicted octanol–water partition coefficient (Wildman–Crippen LogP) is 3.68. The van der Waals surface area contributed by atoms with Gasteiger partial charge in [0.1, 0.15) is 5.75 Å². The van der Waals surface area contributed by atoms with Crippen molar-refractivity contribution in [3.63, 3.8) is 0 Å². The van der Waals surface area contributed by atoms with Gasteiger partial charge in [-0.25, -0.2) is 8.42 Å². The average molecular weight is 409 g/mol. The van der Waals surface area contributed by atoms with E-state index >= 15 is 0 Å². The Morgan fingerprint density at radius 2 is 1.78 bits per heavy atom. The molecule has 2 aromatic rings. The molecule has 0 bridgehead atoms. The number of benzene rings is 2. The van der Waals surface area contributed by atoms with Gasteiger partial charge in [-0.15, -0.1) is 0 Å². The van der Waals surface area contributed by atoms with E-state index < -0.39 is 20.7 Å². The summed E-state index contributed by atoms with van der Waals surface area (Å²) in [6, 6.07) is 13.3. The number of nitrogens with zero attached hydrogens (tertiary/aromatic N) is 1. The maximum absolute atomic E-state index is 13.3. The van der Waals surface area contributed by atoms with E-state index in [2.05, 4.69) is 5.32 Å². The maximum Gasteiger partial charge on any atom is 0.249 e. The van der Waals surface area contributed by atoms with Gasteiger partial charge in [0, 0.05) is 17.3 Å². The first-order valence-electron chi connectivity index (χ1n) is 8.51. The normalized spacial score (nSPS) is 21.5. The van der Waals surface area contributed by atoms with E-state index in [1.165, 1.54) is 11.2 Å². The standard InChI is InChI=1S/C19H21ClN2O4S/c1-19(18(23)21-15-6-10-17(26-2)11-7-15)12-3-13-22(27(19,24)25)16-8-4-14(20)5-9-16/h4-11H,3,12-13H2,1-2H3,(H,21,23)/t19-/m0/s1. The molecule has 1 fully saturated rings. The Kier molecular flexibility index (Phi) is 5.35. The number of amides is 1. The van der Waals surface area contributed by atoms with E-state index in [1.807, 2.05) is 0 Å². The summed E-state index contributed by atoms with van der Waals surface area (Å²) in [6.45, 7) is 1.80. The van der Waals surface area contributed by atoms with Crippen LogP contribution in [0.15, 0.2) is 48.5 Å². The highest BCUT2D eigenvalue weighted by molar-refractivity contribution is 7.95. The summed E-state index contributed by atoms with van der Waals surface area (Å²) in [5.74, 6) is 0.102. The molecule has 1 heterocycles. The molecule has 8 heteroatoms. The number of rotatable bonds is 4. The van der Waals surface area contributed by atoms with Gasteiger partial charge >= 0.3 is 0 Å². The molecule has 0 radical (unpaired) electrons. The summed E-state index contributed by atoms with van der Waals surface area (Å²) in [5, 5.41) is 3.24. The third kappa shape index (κ3) is 3.61. The molecule has 1 amide bonds. The Labute approximate surface area is 164 Å². The van der Waals surface area contributed by atoms with Crippen molar-refractivity contribution < 1.29 is 17.9 Å². The first-order valence-corrected chi connectivity index (χ1v) is 10.3. The number of anilines is 2. The van der Waals surface area contributed by atoms with Crippen LogP contribution in [0.25, 0.3) is 0 Å². The van der Waals surface area contributed by atoms with Crippen molar-refractivity contribution >= 4 is 38.9 Å². The molecule has 1 aliphatic heterocycles. The molecule has 0 aliphatic carbocycles. The first-order chi connectivity index (χ1) is 12.8. The van der Waals surface area contributed by atoms with Crippen molar-refractivity contribution in [2.24, 2.45) is 0 Å². The van der Waals surface area contributed by atoms with Gasteiger partial charge in [0.15, 0.2) is 4.75 Å². The van der Waals surface area contributed by atoms with Crippen LogP contribution < -0.4 is 14.4 Å². The molecule has 1 saturated heterocycles. The highest BCUT2D eigenvalue weighted by atomic mass is 35.5. The molecule has 144 valence electrons. The van der Waals surface area contributed by atoms with Crippen LogP contribution in [0.3, 0.4) is 0 Å². The molecule has 1 aliphatic rings. The lowest BCUT2D eigenvalue weighted by Gasteiger charge is -2.39. The van der Waals surface area contributed by atoms with Gasteiger partial charge in [0.25, 0.3) is 0 Å². The van der Waals surface area contributed by atoms with Crippen molar-refractivity contribution in [1.29, 1.82) is 0 Å². The monoisotopic (exact) mass is 408 g/mol. The average Bonchev–Trinajstić information content (AvgIpc) is 2.65. The Morgan fingerprint density at radius 3 is 2.37 bits per heavy atom. The van der Waals surface area contributed by atoms with Crippen molar-refractivity contribution in [3.8, 4) is 5.75 Å². The SMILES string of the molecule is COc1ccc(NC(=O)[C@]2(C)CCCN(c3ccc(Cl)cc3)S2(=O)=O)cc1. The zero-order valence-electron chi connectivity index (χ0n) is 15.1. The van der Waals surface area contributed by atoms with Crippen molar-refractivity contribution in [2.45, 2.75) is 24.5 Å². The van der Waals surface area contributed by atoms with E-state index in [1.54, 1.807) is 55.6 Å². The van der Waals surface area contributed by atoms with Gasteiger partial charge in [-0.2, -0.15) is 0 Å². The van der Waals surface area contributed by atoms with Gasteiger partial charge in [-0.05, 0) is 68.3 Å². The molecular weight excluding hydrogens is 388 g/mol. The van der Waals surface area contributed by atoms with Crippen LogP contribution >= 0.6 is 11.6 Å². The second-order valence-electron chi connectivity index (χ2n) is 6.57. The van der Waals surface area contributed by atoms with Crippen LogP contribution in [0.4, 0.5) is 11.4 Å². The molecule has 3 rings (SSSR count). The minimum atomic E-state index is -3.91. The number of nitrogens with one attached hydrogen (secondary N) is 1. The van der Waals surface area contributed by atoms with E-state index in [0.717, 1.165) is 0 Å². The molecule has 0 unspecified atom stereocenters. The van der Waals surface area contributed by atoms with Crippen LogP contribution in [0.1, 0.15) is 19.8 Å². The summed E-state index contributed by atoms with van der Waals surface area (Å²) in [4.78, 5) is 12.9. The minimum absolute atomic E-state index is 0.251. The fraction of sp³-hybridized carbons (Fsp3) is 0.316. The second kappa shape index (κ2) is 7.40. The van der Waals surface area contributed by atoms with Crippen molar-refractivity contribution in [3.05, 3.63) is 53.6 Å². The maximum atomic E-state index is 13.3. The first kappa shape index (κ1) is 19.5. The Balaban J connectivity index is 1.88. The lowest BCUT2D eigenvalue weighted by atomic mass is 10.0. The summed E-state index contributed by atoms with van der Waals surface area (Å²) in [6.07, 6.45) is 0.829. The molecule has 1 atom stereocenters. The highest BCUT2D eigenvalue weighted by Gasteiger charge is 2.51. The smallest absolute Gasteiger partial charge is 0.249 e. The number of carbonyl (C=O) groups is 1. The van der Waals surface area contributed by atoms with Crippen molar-refractivity contribution in [1.82, 2.24) is 0 Å². The molecule has 2 aromatic carbocycles. The van der Waals surface area contributed by atoms with Crippen LogP contribution in [0.5, 0.6) is 5.75 Å². The van der Waals surface area contributed by atoms with Crippen LogP contribution in [0, 0.1) is 0 Å². The fourth-order valence-corrected chi connectivity index (χ4v) is 5.16. The number of ether oxygens (including phenoxy) is 1. The summed E-state index contributed by atoms with van der Waals surface area (Å²) in [5.41, 5.74) is 1.02. The minimum Gasteiger partial charge on any atom is -0.497 e. The van der Waals surface area contributed by atoms with Crippen LogP contribution in [-0.4, -0.2) is 32.7 Å². The predicted molar refractivity (Wildman–Crippen MR) is 107 cm³/mol. The van der Waals surface area contributed by atoms with Gasteiger partial charge in [0.05, 0.1) is 12.8 Å². The molecule has 1 N–H and O–H groups in total. The number of methoxy groups -OCH3 is 1. The second-order valence-corrected chi connectivity index (χ2v) is 9.30. The quantitative estimate of drug-likeness (QED) is 0.837. The number of sulfonamides is 1. The molecule has 0 spiro atoms. The van der Waals surface area contributed by atoms with E-state index in [0.29, 0.717) is 35.1 Å². The number of halogens is 1. The lowest BCUT2D eigenvalue weighted by Crippen LogP contribution is -2.57. The molecular formula is C19H21ClN2O4S. The number of hydrogen-bond acceptors (Lipinski definition) is 4. The number of carbonyl (C=O) groups excluding carboxylic acids is 1. The third-order valence-corrected chi connectivity index (χ3v) is 7.57. The third-order valence-electron chi connectivity index (χ3n) is 4.82. The summed E-state index contributed by atoms with van der Waals surface area (Å²) >= 11 is 5.90. The van der Waals surface area contributed by atoms with E-state index in [9.17, 15) is 13.2 Å². The van der Waals surface area contributed by atoms with Gasteiger partial charge in [-0.3, -0.25) is 9.10 Å². The topological polar surface area (TPSA) is 75.7 Å². The largest absolute Gasteiger partial charge is 0.497 e. The van der Waals surface area contributed by atoms with E-state index in [-0.39, 0.29) is 6.42 Å². The van der Waals surface area contributed by atoms with Gasteiger partial charge < -0.3 is 10.1 Å². The Bertz CT molecular complexity index is 929. The number of hydrogen-bond donors (Lipinski definition) is 1. The highest BCUT2D eigenvalue weighted by Crippen LogP contribution is 2.36. The Hall–Kier alpha value is -2.25. The van der Waals surface area contributed by atoms with Gasteiger partial charge in [-0.1, -0.05) is 11.6 Å². The molecule has 0 aromatic heterocycles. The van der Waals surface area contributed by atoms with E-state index in [4.69, 9.17) is 16.3 Å². The van der Waals surface area contributed by atoms with Crippen molar-refractivity contribution in [2.75, 3.05) is 23.3 Å². The molecule has 6 nitrogen and oxygen atoms in total. The lowest BCUT2D eigenvalue weighted by molar-refractivity contribution is -0.118. The summed E-state index contributed by atoms with van der Waals surface area (Å²) in [7, 11) is -2.36. The zero-order chi connectivity index (χ0) is 19.7. The Morgan fingerprint density at radius 1 is 1.15 bits per heavy atom. The molecule has 27 heavy (non-hydrogen) atoms. The van der Waals surface area contributed by atoms with Crippen LogP contribution in [-0.2, 0) is 14.8 Å².